The number of hydrogen-bond donors (Lipinski definition) is 3. The smallest absolute Gasteiger partial charge is 0.257 e. The summed E-state index contributed by atoms with van der Waals surface area (Å²) >= 11 is 5.59. The van der Waals surface area contributed by atoms with E-state index in [4.69, 9.17) is 16.3 Å². The molecule has 0 saturated carbocycles. The molecule has 2 amide bonds. The number of carbonyl (C=O) groups is 2. The Hall–Kier alpha value is -3.06. The summed E-state index contributed by atoms with van der Waals surface area (Å²) in [4.78, 5) is 24.0. The van der Waals surface area contributed by atoms with Crippen LogP contribution < -0.4 is 20.7 Å². The lowest BCUT2D eigenvalue weighted by atomic mass is 10.1. The van der Waals surface area contributed by atoms with E-state index >= 15 is 0 Å². The maximum absolute atomic E-state index is 13.3. The molecular formula is C21H23ClFN3O3. The molecule has 6 nitrogen and oxygen atoms in total. The molecule has 0 radical (unpaired) electrons. The van der Waals surface area contributed by atoms with Gasteiger partial charge in [0.25, 0.3) is 5.91 Å². The molecule has 0 spiro atoms. The Morgan fingerprint density at radius 1 is 1.41 bits per heavy atom. The zero-order valence-corrected chi connectivity index (χ0v) is 16.6. The van der Waals surface area contributed by atoms with Gasteiger partial charge in [0, 0.05) is 37.0 Å². The van der Waals surface area contributed by atoms with Gasteiger partial charge in [-0.25, -0.2) is 4.39 Å². The second-order valence-corrected chi connectivity index (χ2v) is 6.67. The van der Waals surface area contributed by atoms with Gasteiger partial charge in [0.1, 0.15) is 11.6 Å². The van der Waals surface area contributed by atoms with Crippen molar-refractivity contribution in [1.29, 1.82) is 0 Å². The van der Waals surface area contributed by atoms with Crippen LogP contribution in [0.15, 0.2) is 67.1 Å². The lowest BCUT2D eigenvalue weighted by Crippen LogP contribution is -2.34. The normalized spacial score (nSPS) is 15.4. The number of ether oxygens (including phenoxy) is 1. The molecule has 1 heterocycles. The second kappa shape index (κ2) is 11.1. The van der Waals surface area contributed by atoms with Gasteiger partial charge in [0.15, 0.2) is 6.61 Å². The van der Waals surface area contributed by atoms with Crippen LogP contribution in [0.5, 0.6) is 5.75 Å². The summed E-state index contributed by atoms with van der Waals surface area (Å²) in [6.45, 7) is 7.93. The molecule has 2 rings (SSSR count). The summed E-state index contributed by atoms with van der Waals surface area (Å²) in [6, 6.07) is 3.93. The predicted molar refractivity (Wildman–Crippen MR) is 111 cm³/mol. The summed E-state index contributed by atoms with van der Waals surface area (Å²) < 4.78 is 18.5. The molecule has 154 valence electrons. The van der Waals surface area contributed by atoms with E-state index in [1.807, 2.05) is 12.2 Å². The fourth-order valence-corrected chi connectivity index (χ4v) is 2.58. The van der Waals surface area contributed by atoms with Crippen LogP contribution in [0, 0.1) is 11.7 Å². The first kappa shape index (κ1) is 22.2. The van der Waals surface area contributed by atoms with Gasteiger partial charge < -0.3 is 20.7 Å². The van der Waals surface area contributed by atoms with Gasteiger partial charge in [0.2, 0.25) is 5.91 Å². The van der Waals surface area contributed by atoms with E-state index in [-0.39, 0.29) is 41.7 Å². The summed E-state index contributed by atoms with van der Waals surface area (Å²) in [7, 11) is 0. The third kappa shape index (κ3) is 7.46. The molecule has 0 bridgehead atoms. The van der Waals surface area contributed by atoms with E-state index in [2.05, 4.69) is 29.1 Å². The Balaban J connectivity index is 1.66. The number of amides is 2. The monoisotopic (exact) mass is 419 g/mol. The van der Waals surface area contributed by atoms with Crippen LogP contribution in [-0.4, -0.2) is 31.5 Å². The number of halogens is 2. The highest BCUT2D eigenvalue weighted by Crippen LogP contribution is 2.20. The number of allylic oxidation sites excluding steroid dienone is 3. The minimum Gasteiger partial charge on any atom is -0.484 e. The molecule has 29 heavy (non-hydrogen) atoms. The third-order valence-electron chi connectivity index (χ3n) is 3.97. The molecule has 8 heteroatoms. The zero-order chi connectivity index (χ0) is 21.2. The van der Waals surface area contributed by atoms with E-state index in [1.54, 1.807) is 12.2 Å². The fourth-order valence-electron chi connectivity index (χ4n) is 2.47. The lowest BCUT2D eigenvalue weighted by molar-refractivity contribution is -0.123. The van der Waals surface area contributed by atoms with Crippen LogP contribution in [0.1, 0.15) is 6.42 Å². The first-order valence-electron chi connectivity index (χ1n) is 8.97. The highest BCUT2D eigenvalue weighted by atomic mass is 35.5. The fraction of sp³-hybridized carbons (Fsp3) is 0.238. The molecule has 3 N–H and O–H groups in total. The van der Waals surface area contributed by atoms with Gasteiger partial charge >= 0.3 is 0 Å². The molecule has 1 aromatic rings. The van der Waals surface area contributed by atoms with Gasteiger partial charge in [-0.3, -0.25) is 9.59 Å². The highest BCUT2D eigenvalue weighted by molar-refractivity contribution is 6.30. The number of rotatable bonds is 10. The van der Waals surface area contributed by atoms with Crippen LogP contribution in [0.2, 0.25) is 5.02 Å². The minimum atomic E-state index is -0.618. The molecule has 0 saturated heterocycles. The van der Waals surface area contributed by atoms with E-state index < -0.39 is 5.82 Å². The van der Waals surface area contributed by atoms with Crippen molar-refractivity contribution in [2.24, 2.45) is 5.92 Å². The molecule has 1 unspecified atom stereocenters. The largest absolute Gasteiger partial charge is 0.484 e. The Morgan fingerprint density at radius 2 is 2.21 bits per heavy atom. The van der Waals surface area contributed by atoms with Crippen LogP contribution in [0.4, 0.5) is 4.39 Å². The Bertz CT molecular complexity index is 852. The zero-order valence-electron chi connectivity index (χ0n) is 15.8. The van der Waals surface area contributed by atoms with Gasteiger partial charge in [-0.1, -0.05) is 36.9 Å². The maximum Gasteiger partial charge on any atom is 0.257 e. The van der Waals surface area contributed by atoms with Crippen molar-refractivity contribution in [3.63, 3.8) is 0 Å². The van der Waals surface area contributed by atoms with Crippen LogP contribution >= 0.6 is 11.6 Å². The van der Waals surface area contributed by atoms with E-state index in [0.29, 0.717) is 18.7 Å². The van der Waals surface area contributed by atoms with Gasteiger partial charge in [-0.15, -0.1) is 0 Å². The first-order valence-corrected chi connectivity index (χ1v) is 9.35. The summed E-state index contributed by atoms with van der Waals surface area (Å²) in [5, 5.41) is 8.49. The second-order valence-electron chi connectivity index (χ2n) is 6.26. The number of benzene rings is 1. The average Bonchev–Trinajstić information content (AvgIpc) is 3.16. The Labute approximate surface area is 174 Å². The molecule has 0 aromatic heterocycles. The van der Waals surface area contributed by atoms with E-state index in [9.17, 15) is 14.0 Å². The predicted octanol–water partition coefficient (Wildman–Crippen LogP) is 2.84. The highest BCUT2D eigenvalue weighted by Gasteiger charge is 2.21. The molecule has 1 aliphatic rings. The van der Waals surface area contributed by atoms with Crippen LogP contribution in [-0.2, 0) is 9.59 Å². The number of carbonyl (C=O) groups excluding carboxylic acids is 2. The van der Waals surface area contributed by atoms with Crippen molar-refractivity contribution >= 4 is 23.4 Å². The molecule has 1 aliphatic heterocycles. The molecule has 1 atom stereocenters. The average molecular weight is 420 g/mol. The van der Waals surface area contributed by atoms with Crippen molar-refractivity contribution < 1.29 is 18.7 Å². The van der Waals surface area contributed by atoms with Crippen molar-refractivity contribution in [1.82, 2.24) is 16.0 Å². The Morgan fingerprint density at radius 3 is 2.93 bits per heavy atom. The minimum absolute atomic E-state index is 0.0179. The van der Waals surface area contributed by atoms with E-state index in [1.165, 1.54) is 12.1 Å². The maximum atomic E-state index is 13.3. The lowest BCUT2D eigenvalue weighted by Gasteiger charge is -2.12. The summed E-state index contributed by atoms with van der Waals surface area (Å²) in [5.74, 6) is -1.24. The van der Waals surface area contributed by atoms with E-state index in [0.717, 1.165) is 11.8 Å². The van der Waals surface area contributed by atoms with Crippen molar-refractivity contribution in [3.05, 3.63) is 77.9 Å². The number of nitrogens with one attached hydrogen (secondary N) is 3. The van der Waals surface area contributed by atoms with Gasteiger partial charge in [-0.05, 0) is 24.3 Å². The summed E-state index contributed by atoms with van der Waals surface area (Å²) in [6.07, 6.45) is 7.49. The molecule has 0 fully saturated rings. The van der Waals surface area contributed by atoms with Gasteiger partial charge in [-0.2, -0.15) is 0 Å². The SMILES string of the molecule is C=C/C=C\C1=CC(C(=O)NC(=C)CCNC(=O)COc2ccc(Cl)c(F)c2)CN1. The first-order chi connectivity index (χ1) is 13.9. The standard InChI is InChI=1S/C21H23ClFN3O3/c1-3-4-5-16-10-15(12-25-16)21(28)26-14(2)8-9-24-20(27)13-29-17-6-7-18(22)19(23)11-17/h3-7,10-11,15,25H,1-2,8-9,12-13H2,(H,24,27)(H,26,28)/b5-4-. The summed E-state index contributed by atoms with van der Waals surface area (Å²) in [5.41, 5.74) is 1.36. The molecule has 0 aliphatic carbocycles. The van der Waals surface area contributed by atoms with Crippen molar-refractivity contribution in [2.45, 2.75) is 6.42 Å². The van der Waals surface area contributed by atoms with Crippen molar-refractivity contribution in [3.8, 4) is 5.75 Å². The topological polar surface area (TPSA) is 79.5 Å². The molecular weight excluding hydrogens is 397 g/mol. The van der Waals surface area contributed by atoms with Crippen LogP contribution in [0.25, 0.3) is 0 Å². The number of hydrogen-bond acceptors (Lipinski definition) is 4. The van der Waals surface area contributed by atoms with Crippen LogP contribution in [0.3, 0.4) is 0 Å². The quantitative estimate of drug-likeness (QED) is 0.509. The van der Waals surface area contributed by atoms with Gasteiger partial charge in [0.05, 0.1) is 10.9 Å². The van der Waals surface area contributed by atoms with Crippen molar-refractivity contribution in [2.75, 3.05) is 19.7 Å². The Kier molecular flexibility index (Phi) is 8.48. The third-order valence-corrected chi connectivity index (χ3v) is 4.27. The molecule has 1 aromatic carbocycles.